The highest BCUT2D eigenvalue weighted by atomic mass is 35.5. The van der Waals surface area contributed by atoms with Gasteiger partial charge in [-0.05, 0) is 25.7 Å². The van der Waals surface area contributed by atoms with Crippen molar-refractivity contribution in [2.45, 2.75) is 39.3 Å². The van der Waals surface area contributed by atoms with Gasteiger partial charge in [0, 0.05) is 25.8 Å². The van der Waals surface area contributed by atoms with Crippen LogP contribution < -0.4 is 4.90 Å². The Morgan fingerprint density at radius 2 is 2.22 bits per heavy atom. The summed E-state index contributed by atoms with van der Waals surface area (Å²) >= 11 is 6.05. The van der Waals surface area contributed by atoms with Crippen LogP contribution >= 0.6 is 11.6 Å². The van der Waals surface area contributed by atoms with Crippen LogP contribution in [0.1, 0.15) is 32.5 Å². The number of anilines is 1. The lowest BCUT2D eigenvalue weighted by Gasteiger charge is -2.37. The molecule has 2 atom stereocenters. The Kier molecular flexibility index (Phi) is 4.40. The summed E-state index contributed by atoms with van der Waals surface area (Å²) in [5.41, 5.74) is 0. The third-order valence-corrected chi connectivity index (χ3v) is 3.63. The Bertz CT molecular complexity index is 413. The molecule has 1 aliphatic heterocycles. The van der Waals surface area contributed by atoms with Crippen LogP contribution in [-0.4, -0.2) is 29.7 Å². The third-order valence-electron chi connectivity index (χ3n) is 3.43. The van der Waals surface area contributed by atoms with Gasteiger partial charge in [0.15, 0.2) is 5.82 Å². The molecule has 5 heteroatoms. The standard InChI is InChI=1S/C13H20ClN3O/c1-9-4-5-17(10(2)6-9)13-7-11(14)15-12(16-13)8-18-3/h7,9-10H,4-6,8H2,1-3H3. The quantitative estimate of drug-likeness (QED) is 0.791. The Morgan fingerprint density at radius 3 is 2.89 bits per heavy atom. The number of piperidine rings is 1. The van der Waals surface area contributed by atoms with E-state index in [1.54, 1.807) is 7.11 Å². The van der Waals surface area contributed by atoms with E-state index in [2.05, 4.69) is 28.7 Å². The van der Waals surface area contributed by atoms with Gasteiger partial charge >= 0.3 is 0 Å². The highest BCUT2D eigenvalue weighted by Gasteiger charge is 2.24. The molecule has 0 radical (unpaired) electrons. The fourth-order valence-corrected chi connectivity index (χ4v) is 2.74. The fourth-order valence-electron chi connectivity index (χ4n) is 2.54. The van der Waals surface area contributed by atoms with Crippen LogP contribution in [0.2, 0.25) is 5.15 Å². The summed E-state index contributed by atoms with van der Waals surface area (Å²) in [6.45, 7) is 5.97. The van der Waals surface area contributed by atoms with E-state index in [-0.39, 0.29) is 0 Å². The minimum absolute atomic E-state index is 0.395. The largest absolute Gasteiger partial charge is 0.377 e. The van der Waals surface area contributed by atoms with Gasteiger partial charge in [0.05, 0.1) is 0 Å². The molecule has 0 N–H and O–H groups in total. The zero-order valence-electron chi connectivity index (χ0n) is 11.2. The lowest BCUT2D eigenvalue weighted by molar-refractivity contribution is 0.177. The van der Waals surface area contributed by atoms with Crippen LogP contribution in [0.15, 0.2) is 6.07 Å². The molecule has 0 aliphatic carbocycles. The van der Waals surface area contributed by atoms with Crippen molar-refractivity contribution in [3.63, 3.8) is 0 Å². The molecule has 0 amide bonds. The monoisotopic (exact) mass is 269 g/mol. The van der Waals surface area contributed by atoms with Gasteiger partial charge in [0.25, 0.3) is 0 Å². The van der Waals surface area contributed by atoms with E-state index < -0.39 is 0 Å². The van der Waals surface area contributed by atoms with Crippen LogP contribution in [0.5, 0.6) is 0 Å². The molecule has 2 rings (SSSR count). The molecule has 0 aromatic carbocycles. The summed E-state index contributed by atoms with van der Waals surface area (Å²) in [7, 11) is 1.63. The number of halogens is 1. The van der Waals surface area contributed by atoms with Gasteiger partial charge in [-0.2, -0.15) is 0 Å². The van der Waals surface area contributed by atoms with Gasteiger partial charge < -0.3 is 9.64 Å². The molecular formula is C13H20ClN3O. The first kappa shape index (κ1) is 13.6. The van der Waals surface area contributed by atoms with Crippen molar-refractivity contribution in [3.8, 4) is 0 Å². The van der Waals surface area contributed by atoms with Gasteiger partial charge in [-0.1, -0.05) is 18.5 Å². The normalized spacial score (nSPS) is 24.3. The Morgan fingerprint density at radius 1 is 1.44 bits per heavy atom. The van der Waals surface area contributed by atoms with Crippen LogP contribution in [0, 0.1) is 5.92 Å². The van der Waals surface area contributed by atoms with E-state index in [4.69, 9.17) is 16.3 Å². The van der Waals surface area contributed by atoms with Crippen LogP contribution in [0.25, 0.3) is 0 Å². The number of methoxy groups -OCH3 is 1. The molecule has 2 heterocycles. The molecule has 1 aliphatic rings. The molecule has 0 bridgehead atoms. The second kappa shape index (κ2) is 5.85. The second-order valence-electron chi connectivity index (χ2n) is 5.07. The summed E-state index contributed by atoms with van der Waals surface area (Å²) in [6.07, 6.45) is 2.40. The smallest absolute Gasteiger partial charge is 0.158 e. The minimum atomic E-state index is 0.395. The fraction of sp³-hybridized carbons (Fsp3) is 0.692. The van der Waals surface area contributed by atoms with Gasteiger partial charge in [0.1, 0.15) is 17.6 Å². The van der Waals surface area contributed by atoms with Crippen molar-refractivity contribution in [1.29, 1.82) is 0 Å². The van der Waals surface area contributed by atoms with E-state index in [1.807, 2.05) is 6.07 Å². The van der Waals surface area contributed by atoms with Crippen molar-refractivity contribution in [2.75, 3.05) is 18.6 Å². The maximum absolute atomic E-state index is 6.05. The first-order valence-corrected chi connectivity index (χ1v) is 6.77. The summed E-state index contributed by atoms with van der Waals surface area (Å²) in [6, 6.07) is 2.34. The number of ether oxygens (including phenoxy) is 1. The average Bonchev–Trinajstić information content (AvgIpc) is 2.28. The highest BCUT2D eigenvalue weighted by Crippen LogP contribution is 2.27. The topological polar surface area (TPSA) is 38.2 Å². The third kappa shape index (κ3) is 3.12. The van der Waals surface area contributed by atoms with Gasteiger partial charge in [-0.25, -0.2) is 9.97 Å². The number of hydrogen-bond donors (Lipinski definition) is 0. The summed E-state index contributed by atoms with van der Waals surface area (Å²) in [5.74, 6) is 2.35. The molecular weight excluding hydrogens is 250 g/mol. The van der Waals surface area contributed by atoms with E-state index in [9.17, 15) is 0 Å². The lowest BCUT2D eigenvalue weighted by atomic mass is 9.93. The summed E-state index contributed by atoms with van der Waals surface area (Å²) in [4.78, 5) is 11.0. The Labute approximate surface area is 113 Å². The zero-order chi connectivity index (χ0) is 13.1. The van der Waals surface area contributed by atoms with Crippen LogP contribution in [0.4, 0.5) is 5.82 Å². The van der Waals surface area contributed by atoms with Crippen molar-refractivity contribution in [2.24, 2.45) is 5.92 Å². The van der Waals surface area contributed by atoms with E-state index in [0.717, 1.165) is 18.3 Å². The van der Waals surface area contributed by atoms with Crippen molar-refractivity contribution in [1.82, 2.24) is 9.97 Å². The summed E-state index contributed by atoms with van der Waals surface area (Å²) < 4.78 is 5.07. The molecule has 0 saturated carbocycles. The minimum Gasteiger partial charge on any atom is -0.377 e. The molecule has 18 heavy (non-hydrogen) atoms. The number of nitrogens with zero attached hydrogens (tertiary/aromatic N) is 3. The molecule has 2 unspecified atom stereocenters. The van der Waals surface area contributed by atoms with Gasteiger partial charge in [0.2, 0.25) is 0 Å². The molecule has 1 saturated heterocycles. The molecule has 100 valence electrons. The number of hydrogen-bond acceptors (Lipinski definition) is 4. The summed E-state index contributed by atoms with van der Waals surface area (Å²) in [5, 5.41) is 0.484. The van der Waals surface area contributed by atoms with E-state index >= 15 is 0 Å². The van der Waals surface area contributed by atoms with Crippen molar-refractivity contribution >= 4 is 17.4 Å². The number of rotatable bonds is 3. The molecule has 1 fully saturated rings. The SMILES string of the molecule is COCc1nc(Cl)cc(N2CCC(C)CC2C)n1. The molecule has 1 aromatic rings. The predicted molar refractivity (Wildman–Crippen MR) is 73.0 cm³/mol. The lowest BCUT2D eigenvalue weighted by Crippen LogP contribution is -2.40. The maximum atomic E-state index is 6.05. The molecule has 4 nitrogen and oxygen atoms in total. The van der Waals surface area contributed by atoms with Crippen molar-refractivity contribution in [3.05, 3.63) is 17.0 Å². The second-order valence-corrected chi connectivity index (χ2v) is 5.46. The zero-order valence-corrected chi connectivity index (χ0v) is 11.9. The highest BCUT2D eigenvalue weighted by molar-refractivity contribution is 6.29. The Hall–Kier alpha value is -0.870. The van der Waals surface area contributed by atoms with Crippen LogP contribution in [0.3, 0.4) is 0 Å². The predicted octanol–water partition coefficient (Wildman–Crippen LogP) is 2.90. The Balaban J connectivity index is 2.21. The first-order valence-electron chi connectivity index (χ1n) is 6.39. The maximum Gasteiger partial charge on any atom is 0.158 e. The average molecular weight is 270 g/mol. The first-order chi connectivity index (χ1) is 8.60. The van der Waals surface area contributed by atoms with Crippen molar-refractivity contribution < 1.29 is 4.74 Å². The van der Waals surface area contributed by atoms with E-state index in [1.165, 1.54) is 12.8 Å². The molecule has 0 spiro atoms. The van der Waals surface area contributed by atoms with Crippen LogP contribution in [-0.2, 0) is 11.3 Å². The van der Waals surface area contributed by atoms with Gasteiger partial charge in [-0.3, -0.25) is 0 Å². The van der Waals surface area contributed by atoms with E-state index in [0.29, 0.717) is 23.6 Å². The number of aromatic nitrogens is 2. The van der Waals surface area contributed by atoms with Gasteiger partial charge in [-0.15, -0.1) is 0 Å². The molecule has 1 aromatic heterocycles.